The lowest BCUT2D eigenvalue weighted by atomic mass is 10.1. The molecule has 0 saturated heterocycles. The van der Waals surface area contributed by atoms with Crippen LogP contribution >= 0.6 is 11.3 Å². The quantitative estimate of drug-likeness (QED) is 0.861. The van der Waals surface area contributed by atoms with Gasteiger partial charge >= 0.3 is 0 Å². The predicted octanol–water partition coefficient (Wildman–Crippen LogP) is 3.07. The molecular formula is C16H18N2O2S. The number of rotatable bonds is 6. The van der Waals surface area contributed by atoms with E-state index in [1.165, 1.54) is 11.3 Å². The SMILES string of the molecule is CCc1ccccc1NC(=O)CCNC(=O)c1ccsc1. The smallest absolute Gasteiger partial charge is 0.252 e. The average molecular weight is 302 g/mol. The topological polar surface area (TPSA) is 58.2 Å². The van der Waals surface area contributed by atoms with Crippen molar-refractivity contribution in [3.63, 3.8) is 0 Å². The number of anilines is 1. The number of aryl methyl sites for hydroxylation is 1. The van der Waals surface area contributed by atoms with Crippen LogP contribution in [0.5, 0.6) is 0 Å². The van der Waals surface area contributed by atoms with Crippen molar-refractivity contribution in [2.45, 2.75) is 19.8 Å². The van der Waals surface area contributed by atoms with Gasteiger partial charge in [0.2, 0.25) is 5.91 Å². The van der Waals surface area contributed by atoms with Crippen LogP contribution in [-0.4, -0.2) is 18.4 Å². The maximum atomic E-state index is 11.9. The summed E-state index contributed by atoms with van der Waals surface area (Å²) in [6, 6.07) is 9.49. The molecule has 0 unspecified atom stereocenters. The minimum Gasteiger partial charge on any atom is -0.351 e. The lowest BCUT2D eigenvalue weighted by molar-refractivity contribution is -0.116. The summed E-state index contributed by atoms with van der Waals surface area (Å²) < 4.78 is 0. The van der Waals surface area contributed by atoms with Crippen LogP contribution in [0.2, 0.25) is 0 Å². The van der Waals surface area contributed by atoms with Crippen LogP contribution in [0.25, 0.3) is 0 Å². The molecule has 2 aromatic rings. The zero-order chi connectivity index (χ0) is 15.1. The van der Waals surface area contributed by atoms with Crippen molar-refractivity contribution in [3.05, 3.63) is 52.2 Å². The summed E-state index contributed by atoms with van der Waals surface area (Å²) in [6.45, 7) is 2.38. The highest BCUT2D eigenvalue weighted by atomic mass is 32.1. The van der Waals surface area contributed by atoms with Crippen LogP contribution in [-0.2, 0) is 11.2 Å². The molecule has 0 atom stereocenters. The zero-order valence-electron chi connectivity index (χ0n) is 11.9. The standard InChI is InChI=1S/C16H18N2O2S/c1-2-12-5-3-4-6-14(12)18-15(19)7-9-17-16(20)13-8-10-21-11-13/h3-6,8,10-11H,2,7,9H2,1H3,(H,17,20)(H,18,19). The molecule has 0 saturated carbocycles. The predicted molar refractivity (Wildman–Crippen MR) is 85.7 cm³/mol. The van der Waals surface area contributed by atoms with Crippen LogP contribution in [0, 0.1) is 0 Å². The van der Waals surface area contributed by atoms with E-state index in [2.05, 4.69) is 10.6 Å². The van der Waals surface area contributed by atoms with Gasteiger partial charge in [0.1, 0.15) is 0 Å². The Bertz CT molecular complexity index is 608. The van der Waals surface area contributed by atoms with Crippen LogP contribution < -0.4 is 10.6 Å². The van der Waals surface area contributed by atoms with E-state index in [-0.39, 0.29) is 18.2 Å². The third-order valence-corrected chi connectivity index (χ3v) is 3.78. The van der Waals surface area contributed by atoms with Crippen molar-refractivity contribution in [2.75, 3.05) is 11.9 Å². The summed E-state index contributed by atoms with van der Waals surface area (Å²) in [5.74, 6) is -0.237. The summed E-state index contributed by atoms with van der Waals surface area (Å²) in [4.78, 5) is 23.6. The fourth-order valence-corrected chi connectivity index (χ4v) is 2.58. The maximum absolute atomic E-state index is 11.9. The molecule has 0 aliphatic rings. The zero-order valence-corrected chi connectivity index (χ0v) is 12.7. The van der Waals surface area contributed by atoms with Crippen LogP contribution in [0.3, 0.4) is 0 Å². The number of nitrogens with one attached hydrogen (secondary N) is 2. The number of hydrogen-bond acceptors (Lipinski definition) is 3. The van der Waals surface area contributed by atoms with Crippen molar-refractivity contribution < 1.29 is 9.59 Å². The molecule has 2 rings (SSSR count). The highest BCUT2D eigenvalue weighted by Crippen LogP contribution is 2.15. The van der Waals surface area contributed by atoms with Gasteiger partial charge in [0, 0.05) is 29.6 Å². The third kappa shape index (κ3) is 4.43. The van der Waals surface area contributed by atoms with E-state index in [9.17, 15) is 9.59 Å². The molecule has 2 N–H and O–H groups in total. The largest absolute Gasteiger partial charge is 0.351 e. The Labute approximate surface area is 128 Å². The van der Waals surface area contributed by atoms with Gasteiger partial charge in [-0.3, -0.25) is 9.59 Å². The van der Waals surface area contributed by atoms with Crippen molar-refractivity contribution in [2.24, 2.45) is 0 Å². The molecule has 0 spiro atoms. The second-order valence-corrected chi connectivity index (χ2v) is 5.36. The Hall–Kier alpha value is -2.14. The number of para-hydroxylation sites is 1. The number of carbonyl (C=O) groups is 2. The van der Waals surface area contributed by atoms with Gasteiger partial charge < -0.3 is 10.6 Å². The summed E-state index contributed by atoms with van der Waals surface area (Å²) in [5, 5.41) is 9.25. The highest BCUT2D eigenvalue weighted by molar-refractivity contribution is 7.08. The minimum absolute atomic E-state index is 0.0958. The Kier molecular flexibility index (Phi) is 5.51. The van der Waals surface area contributed by atoms with Gasteiger partial charge in [0.15, 0.2) is 0 Å². The van der Waals surface area contributed by atoms with E-state index in [0.29, 0.717) is 12.1 Å². The molecule has 0 aliphatic heterocycles. The number of thiophene rings is 1. The second-order valence-electron chi connectivity index (χ2n) is 4.58. The van der Waals surface area contributed by atoms with E-state index in [0.717, 1.165) is 17.7 Å². The van der Waals surface area contributed by atoms with Gasteiger partial charge in [-0.15, -0.1) is 0 Å². The monoisotopic (exact) mass is 302 g/mol. The molecule has 0 radical (unpaired) electrons. The maximum Gasteiger partial charge on any atom is 0.252 e. The molecule has 1 aromatic carbocycles. The summed E-state index contributed by atoms with van der Waals surface area (Å²) >= 11 is 1.47. The first-order valence-corrected chi connectivity index (χ1v) is 7.83. The van der Waals surface area contributed by atoms with Gasteiger partial charge in [-0.1, -0.05) is 25.1 Å². The highest BCUT2D eigenvalue weighted by Gasteiger charge is 2.08. The lowest BCUT2D eigenvalue weighted by Gasteiger charge is -2.10. The molecule has 0 fully saturated rings. The van der Waals surface area contributed by atoms with Crippen LogP contribution in [0.1, 0.15) is 29.3 Å². The lowest BCUT2D eigenvalue weighted by Crippen LogP contribution is -2.27. The first-order valence-electron chi connectivity index (χ1n) is 6.89. The first kappa shape index (κ1) is 15.3. The fourth-order valence-electron chi connectivity index (χ4n) is 1.95. The average Bonchev–Trinajstić information content (AvgIpc) is 3.02. The van der Waals surface area contributed by atoms with E-state index in [1.807, 2.05) is 36.6 Å². The van der Waals surface area contributed by atoms with Crippen molar-refractivity contribution in [1.29, 1.82) is 0 Å². The van der Waals surface area contributed by atoms with Gasteiger partial charge in [-0.25, -0.2) is 0 Å². The molecule has 0 bridgehead atoms. The Morgan fingerprint density at radius 1 is 1.19 bits per heavy atom. The molecule has 110 valence electrons. The van der Waals surface area contributed by atoms with Gasteiger partial charge in [-0.2, -0.15) is 11.3 Å². The van der Waals surface area contributed by atoms with Crippen molar-refractivity contribution >= 4 is 28.8 Å². The van der Waals surface area contributed by atoms with Gasteiger partial charge in [0.05, 0.1) is 0 Å². The first-order chi connectivity index (χ1) is 10.2. The minimum atomic E-state index is -0.141. The molecule has 5 heteroatoms. The van der Waals surface area contributed by atoms with E-state index in [1.54, 1.807) is 11.4 Å². The van der Waals surface area contributed by atoms with E-state index in [4.69, 9.17) is 0 Å². The van der Waals surface area contributed by atoms with Crippen molar-refractivity contribution in [1.82, 2.24) is 5.32 Å². The van der Waals surface area contributed by atoms with Crippen LogP contribution in [0.15, 0.2) is 41.1 Å². The van der Waals surface area contributed by atoms with Gasteiger partial charge in [0.25, 0.3) is 5.91 Å². The van der Waals surface area contributed by atoms with Gasteiger partial charge in [-0.05, 0) is 29.5 Å². The second kappa shape index (κ2) is 7.59. The number of hydrogen-bond donors (Lipinski definition) is 2. The summed E-state index contributed by atoms with van der Waals surface area (Å²) in [6.07, 6.45) is 1.12. The number of amides is 2. The molecule has 4 nitrogen and oxygen atoms in total. The van der Waals surface area contributed by atoms with Crippen LogP contribution in [0.4, 0.5) is 5.69 Å². The van der Waals surface area contributed by atoms with Crippen molar-refractivity contribution in [3.8, 4) is 0 Å². The summed E-state index contributed by atoms with van der Waals surface area (Å²) in [7, 11) is 0. The number of benzene rings is 1. The third-order valence-electron chi connectivity index (χ3n) is 3.09. The summed E-state index contributed by atoms with van der Waals surface area (Å²) in [5.41, 5.74) is 2.58. The number of carbonyl (C=O) groups excluding carboxylic acids is 2. The molecular weight excluding hydrogens is 284 g/mol. The molecule has 1 aromatic heterocycles. The van der Waals surface area contributed by atoms with E-state index < -0.39 is 0 Å². The normalized spacial score (nSPS) is 10.1. The molecule has 2 amide bonds. The van der Waals surface area contributed by atoms with E-state index >= 15 is 0 Å². The Morgan fingerprint density at radius 2 is 2.00 bits per heavy atom. The Balaban J connectivity index is 1.79. The molecule has 0 aliphatic carbocycles. The Morgan fingerprint density at radius 3 is 2.71 bits per heavy atom. The molecule has 1 heterocycles. The fraction of sp³-hybridized carbons (Fsp3) is 0.250. The molecule has 21 heavy (non-hydrogen) atoms.